The van der Waals surface area contributed by atoms with Gasteiger partial charge in [-0.25, -0.2) is 0 Å². The van der Waals surface area contributed by atoms with Gasteiger partial charge in [0.1, 0.15) is 10.5 Å². The number of rotatable bonds is 1. The molecule has 3 heterocycles. The number of benzene rings is 2. The molecular formula is C19H16ClN3OS. The molecule has 0 saturated carbocycles. The fourth-order valence-electron chi connectivity index (χ4n) is 3.49. The second kappa shape index (κ2) is 5.86. The fraction of sp³-hybridized carbons (Fsp3) is 0.158. The zero-order chi connectivity index (χ0) is 16.3. The molecule has 4 nitrogen and oxygen atoms in total. The van der Waals surface area contributed by atoms with Crippen LogP contribution in [0.1, 0.15) is 5.56 Å². The van der Waals surface area contributed by atoms with Crippen molar-refractivity contribution in [3.63, 3.8) is 0 Å². The third kappa shape index (κ3) is 2.27. The molecule has 0 radical (unpaired) electrons. The Morgan fingerprint density at radius 1 is 1.16 bits per heavy atom. The highest BCUT2D eigenvalue weighted by Crippen LogP contribution is 2.36. The maximum absolute atomic E-state index is 12.8. The molecule has 0 atom stereocenters. The molecule has 126 valence electrons. The number of amidine groups is 1. The molecule has 4 aromatic rings. The van der Waals surface area contributed by atoms with Crippen LogP contribution in [-0.4, -0.2) is 23.5 Å². The number of hydrogen-bond donors (Lipinski definition) is 1. The van der Waals surface area contributed by atoms with Crippen LogP contribution < -0.4 is 10.9 Å². The van der Waals surface area contributed by atoms with Gasteiger partial charge in [-0.2, -0.15) is 0 Å². The summed E-state index contributed by atoms with van der Waals surface area (Å²) in [4.78, 5) is 17.3. The van der Waals surface area contributed by atoms with Gasteiger partial charge in [0, 0.05) is 40.0 Å². The van der Waals surface area contributed by atoms with Crippen molar-refractivity contribution in [1.29, 1.82) is 0 Å². The monoisotopic (exact) mass is 369 g/mol. The van der Waals surface area contributed by atoms with Crippen molar-refractivity contribution in [2.24, 2.45) is 12.0 Å². The number of aliphatic imine (C=N–C) groups is 1. The van der Waals surface area contributed by atoms with Gasteiger partial charge in [0.25, 0.3) is 5.56 Å². The summed E-state index contributed by atoms with van der Waals surface area (Å²) < 4.78 is 3.73. The van der Waals surface area contributed by atoms with Gasteiger partial charge in [-0.05, 0) is 24.3 Å². The zero-order valence-electron chi connectivity index (χ0n) is 13.6. The minimum Gasteiger partial charge on any atom is -0.368 e. The highest BCUT2D eigenvalue weighted by molar-refractivity contribution is 7.26. The van der Waals surface area contributed by atoms with E-state index in [-0.39, 0.29) is 18.0 Å². The van der Waals surface area contributed by atoms with Gasteiger partial charge in [-0.1, -0.05) is 18.2 Å². The molecule has 25 heavy (non-hydrogen) atoms. The second-order valence-corrected chi connectivity index (χ2v) is 7.11. The minimum atomic E-state index is 0. The first-order valence-corrected chi connectivity index (χ1v) is 8.78. The SMILES string of the molecule is Cl.Cn1c(=O)c2sc3ccccc3c2c2cc(C3=NCCN3)ccc21. The molecule has 2 aromatic heterocycles. The largest absolute Gasteiger partial charge is 0.368 e. The van der Waals surface area contributed by atoms with E-state index in [1.165, 1.54) is 0 Å². The van der Waals surface area contributed by atoms with Gasteiger partial charge in [0.2, 0.25) is 0 Å². The summed E-state index contributed by atoms with van der Waals surface area (Å²) in [5.41, 5.74) is 2.11. The number of halogens is 1. The van der Waals surface area contributed by atoms with Gasteiger partial charge in [-0.3, -0.25) is 9.79 Å². The van der Waals surface area contributed by atoms with Gasteiger partial charge < -0.3 is 9.88 Å². The lowest BCUT2D eigenvalue weighted by atomic mass is 10.0. The highest BCUT2D eigenvalue weighted by Gasteiger charge is 2.16. The Kier molecular flexibility index (Phi) is 3.78. The van der Waals surface area contributed by atoms with E-state index in [4.69, 9.17) is 0 Å². The van der Waals surface area contributed by atoms with Crippen LogP contribution in [0.4, 0.5) is 0 Å². The average Bonchev–Trinajstić information content (AvgIpc) is 3.27. The molecule has 0 bridgehead atoms. The third-order valence-corrected chi connectivity index (χ3v) is 5.83. The van der Waals surface area contributed by atoms with Gasteiger partial charge in [0.05, 0.1) is 12.1 Å². The first-order valence-electron chi connectivity index (χ1n) is 7.97. The van der Waals surface area contributed by atoms with Gasteiger partial charge in [0.15, 0.2) is 0 Å². The molecule has 0 aliphatic carbocycles. The molecular weight excluding hydrogens is 354 g/mol. The number of aromatic nitrogens is 1. The average molecular weight is 370 g/mol. The van der Waals surface area contributed by atoms with Gasteiger partial charge in [-0.15, -0.1) is 23.7 Å². The molecule has 1 aliphatic heterocycles. The van der Waals surface area contributed by atoms with E-state index in [1.54, 1.807) is 15.9 Å². The molecule has 1 N–H and O–H groups in total. The molecule has 0 amide bonds. The van der Waals surface area contributed by atoms with Crippen LogP contribution in [0.2, 0.25) is 0 Å². The number of nitrogens with one attached hydrogen (secondary N) is 1. The number of thiophene rings is 1. The standard InChI is InChI=1S/C19H15N3OS.ClH/c1-22-14-7-6-11(18-20-8-9-21-18)10-13(14)16-12-4-2-3-5-15(12)24-17(16)19(22)23;/h2-7,10H,8-9H2,1H3,(H,20,21);1H. The lowest BCUT2D eigenvalue weighted by Crippen LogP contribution is -2.20. The Balaban J connectivity index is 0.00000157. The van der Waals surface area contributed by atoms with Crippen molar-refractivity contribution in [3.05, 3.63) is 58.4 Å². The summed E-state index contributed by atoms with van der Waals surface area (Å²) in [6, 6.07) is 14.5. The first-order chi connectivity index (χ1) is 11.7. The Labute approximate surface area is 154 Å². The third-order valence-electron chi connectivity index (χ3n) is 4.67. The van der Waals surface area contributed by atoms with Crippen LogP contribution in [0.25, 0.3) is 31.1 Å². The Morgan fingerprint density at radius 2 is 2.00 bits per heavy atom. The van der Waals surface area contributed by atoms with Crippen molar-refractivity contribution in [1.82, 2.24) is 9.88 Å². The van der Waals surface area contributed by atoms with Crippen LogP contribution in [0.3, 0.4) is 0 Å². The van der Waals surface area contributed by atoms with Crippen LogP contribution >= 0.6 is 23.7 Å². The molecule has 1 aliphatic rings. The topological polar surface area (TPSA) is 46.4 Å². The minimum absolute atomic E-state index is 0. The van der Waals surface area contributed by atoms with Crippen molar-refractivity contribution >= 4 is 60.7 Å². The molecule has 0 fully saturated rings. The van der Waals surface area contributed by atoms with E-state index in [2.05, 4.69) is 28.5 Å². The van der Waals surface area contributed by atoms with E-state index in [9.17, 15) is 4.79 Å². The molecule has 0 unspecified atom stereocenters. The Morgan fingerprint density at radius 3 is 2.80 bits per heavy atom. The number of aryl methyl sites for hydroxylation is 1. The maximum Gasteiger partial charge on any atom is 0.268 e. The lowest BCUT2D eigenvalue weighted by Gasteiger charge is -2.09. The summed E-state index contributed by atoms with van der Waals surface area (Å²) in [5.74, 6) is 0.943. The Bertz CT molecular complexity index is 1220. The van der Waals surface area contributed by atoms with E-state index in [1.807, 2.05) is 31.3 Å². The summed E-state index contributed by atoms with van der Waals surface area (Å²) >= 11 is 1.58. The number of nitrogens with zero attached hydrogens (tertiary/aromatic N) is 2. The smallest absolute Gasteiger partial charge is 0.268 e. The van der Waals surface area contributed by atoms with Crippen molar-refractivity contribution in [3.8, 4) is 0 Å². The first kappa shape index (κ1) is 16.1. The summed E-state index contributed by atoms with van der Waals surface area (Å²) in [6.45, 7) is 1.70. The lowest BCUT2D eigenvalue weighted by molar-refractivity contribution is 0.920. The van der Waals surface area contributed by atoms with Gasteiger partial charge >= 0.3 is 0 Å². The van der Waals surface area contributed by atoms with E-state index < -0.39 is 0 Å². The summed E-state index contributed by atoms with van der Waals surface area (Å²) in [7, 11) is 1.85. The van der Waals surface area contributed by atoms with Crippen molar-refractivity contribution in [2.45, 2.75) is 0 Å². The Hall–Kier alpha value is -2.37. The highest BCUT2D eigenvalue weighted by atomic mass is 35.5. The number of pyridine rings is 1. The van der Waals surface area contributed by atoms with Crippen molar-refractivity contribution < 1.29 is 0 Å². The van der Waals surface area contributed by atoms with E-state index >= 15 is 0 Å². The maximum atomic E-state index is 12.8. The predicted molar refractivity (Wildman–Crippen MR) is 109 cm³/mol. The van der Waals surface area contributed by atoms with Crippen LogP contribution in [0, 0.1) is 0 Å². The summed E-state index contributed by atoms with van der Waals surface area (Å²) in [6.07, 6.45) is 0. The normalized spacial score (nSPS) is 13.9. The van der Waals surface area contributed by atoms with Crippen molar-refractivity contribution in [2.75, 3.05) is 13.1 Å². The number of fused-ring (bicyclic) bond motifs is 5. The quantitative estimate of drug-likeness (QED) is 0.556. The molecule has 0 saturated heterocycles. The summed E-state index contributed by atoms with van der Waals surface area (Å²) in [5, 5.41) is 6.65. The molecule has 6 heteroatoms. The van der Waals surface area contributed by atoms with Crippen LogP contribution in [0.5, 0.6) is 0 Å². The zero-order valence-corrected chi connectivity index (χ0v) is 15.2. The van der Waals surface area contributed by atoms with E-state index in [0.29, 0.717) is 0 Å². The van der Waals surface area contributed by atoms with E-state index in [0.717, 1.165) is 55.6 Å². The second-order valence-electron chi connectivity index (χ2n) is 6.06. The predicted octanol–water partition coefficient (Wildman–Crippen LogP) is 3.68. The molecule has 5 rings (SSSR count). The van der Waals surface area contributed by atoms with Crippen LogP contribution in [0.15, 0.2) is 52.3 Å². The number of hydrogen-bond acceptors (Lipinski definition) is 4. The molecule has 2 aromatic carbocycles. The fourth-order valence-corrected chi connectivity index (χ4v) is 4.69. The molecule has 0 spiro atoms. The van der Waals surface area contributed by atoms with Crippen LogP contribution in [-0.2, 0) is 7.05 Å².